The van der Waals surface area contributed by atoms with E-state index in [2.05, 4.69) is 5.32 Å². The Morgan fingerprint density at radius 3 is 2.71 bits per heavy atom. The van der Waals surface area contributed by atoms with E-state index < -0.39 is 0 Å². The molecule has 2 atom stereocenters. The van der Waals surface area contributed by atoms with Gasteiger partial charge < -0.3 is 15.8 Å². The lowest BCUT2D eigenvalue weighted by Gasteiger charge is -2.30. The zero-order valence-corrected chi connectivity index (χ0v) is 8.87. The van der Waals surface area contributed by atoms with Gasteiger partial charge in [-0.15, -0.1) is 0 Å². The first-order valence-corrected chi connectivity index (χ1v) is 5.91. The molecule has 0 spiro atoms. The van der Waals surface area contributed by atoms with Gasteiger partial charge in [0.15, 0.2) is 0 Å². The fraction of sp³-hybridized carbons (Fsp3) is 1.00. The molecule has 2 aliphatic rings. The van der Waals surface area contributed by atoms with Gasteiger partial charge in [-0.2, -0.15) is 0 Å². The minimum atomic E-state index is 0.623. The average Bonchev–Trinajstić information content (AvgIpc) is 2.62. The van der Waals surface area contributed by atoms with Gasteiger partial charge in [0.25, 0.3) is 0 Å². The molecule has 0 aromatic heterocycles. The largest absolute Gasteiger partial charge is 0.381 e. The topological polar surface area (TPSA) is 47.3 Å². The minimum Gasteiger partial charge on any atom is -0.381 e. The Kier molecular flexibility index (Phi) is 3.79. The maximum absolute atomic E-state index is 5.80. The lowest BCUT2D eigenvalue weighted by molar-refractivity contribution is 0.169. The molecule has 82 valence electrons. The van der Waals surface area contributed by atoms with E-state index >= 15 is 0 Å². The number of hydrogen-bond donors (Lipinski definition) is 2. The van der Waals surface area contributed by atoms with Crippen molar-refractivity contribution < 1.29 is 4.74 Å². The van der Waals surface area contributed by atoms with E-state index in [-0.39, 0.29) is 0 Å². The Labute approximate surface area is 86.4 Å². The summed E-state index contributed by atoms with van der Waals surface area (Å²) in [4.78, 5) is 0. The summed E-state index contributed by atoms with van der Waals surface area (Å²) in [6.07, 6.45) is 5.32. The summed E-state index contributed by atoms with van der Waals surface area (Å²) in [6.45, 7) is 3.75. The minimum absolute atomic E-state index is 0.623. The molecule has 1 saturated heterocycles. The smallest absolute Gasteiger partial charge is 0.0498 e. The van der Waals surface area contributed by atoms with E-state index in [1.54, 1.807) is 0 Å². The molecule has 1 saturated carbocycles. The van der Waals surface area contributed by atoms with Gasteiger partial charge in [-0.3, -0.25) is 0 Å². The molecule has 0 bridgehead atoms. The van der Waals surface area contributed by atoms with Crippen LogP contribution in [0.1, 0.15) is 25.7 Å². The first-order valence-electron chi connectivity index (χ1n) is 5.91. The molecule has 2 fully saturated rings. The van der Waals surface area contributed by atoms with Crippen molar-refractivity contribution in [1.29, 1.82) is 0 Å². The molecule has 2 unspecified atom stereocenters. The van der Waals surface area contributed by atoms with Crippen molar-refractivity contribution >= 4 is 0 Å². The Morgan fingerprint density at radius 2 is 2.21 bits per heavy atom. The fourth-order valence-corrected chi connectivity index (χ4v) is 2.30. The quantitative estimate of drug-likeness (QED) is 0.685. The number of ether oxygens (including phenoxy) is 1. The van der Waals surface area contributed by atoms with E-state index in [0.717, 1.165) is 32.3 Å². The van der Waals surface area contributed by atoms with Gasteiger partial charge in [0, 0.05) is 19.3 Å². The third-order valence-corrected chi connectivity index (χ3v) is 3.71. The van der Waals surface area contributed by atoms with Crippen molar-refractivity contribution in [2.45, 2.75) is 31.7 Å². The summed E-state index contributed by atoms with van der Waals surface area (Å²) in [7, 11) is 0. The molecule has 1 heterocycles. The second kappa shape index (κ2) is 5.10. The van der Waals surface area contributed by atoms with Crippen LogP contribution in [0.2, 0.25) is 0 Å². The van der Waals surface area contributed by atoms with E-state index in [1.165, 1.54) is 25.7 Å². The Hall–Kier alpha value is -0.120. The van der Waals surface area contributed by atoms with Gasteiger partial charge in [-0.05, 0) is 44.2 Å². The molecule has 0 aromatic rings. The summed E-state index contributed by atoms with van der Waals surface area (Å²) < 4.78 is 5.40. The SMILES string of the molecule is NCC(CNC1CCC1)C1CCOC1. The van der Waals surface area contributed by atoms with Gasteiger partial charge in [-0.1, -0.05) is 6.42 Å². The molecule has 3 nitrogen and oxygen atoms in total. The van der Waals surface area contributed by atoms with Crippen LogP contribution in [0.15, 0.2) is 0 Å². The highest BCUT2D eigenvalue weighted by Gasteiger charge is 2.26. The third kappa shape index (κ3) is 2.47. The van der Waals surface area contributed by atoms with Gasteiger partial charge in [0.1, 0.15) is 0 Å². The van der Waals surface area contributed by atoms with Crippen LogP contribution in [0.4, 0.5) is 0 Å². The first kappa shape index (κ1) is 10.4. The molecule has 1 aliphatic carbocycles. The highest BCUT2D eigenvalue weighted by Crippen LogP contribution is 2.23. The standard InChI is InChI=1S/C11H22N2O/c12-6-10(9-4-5-14-8-9)7-13-11-2-1-3-11/h9-11,13H,1-8,12H2. The lowest BCUT2D eigenvalue weighted by Crippen LogP contribution is -2.42. The molecule has 1 aliphatic heterocycles. The van der Waals surface area contributed by atoms with Crippen LogP contribution >= 0.6 is 0 Å². The molecule has 0 radical (unpaired) electrons. The maximum atomic E-state index is 5.80. The molecule has 3 N–H and O–H groups in total. The van der Waals surface area contributed by atoms with Crippen LogP contribution in [0.5, 0.6) is 0 Å². The van der Waals surface area contributed by atoms with Crippen molar-refractivity contribution in [1.82, 2.24) is 5.32 Å². The van der Waals surface area contributed by atoms with Crippen molar-refractivity contribution in [3.8, 4) is 0 Å². The van der Waals surface area contributed by atoms with Crippen LogP contribution in [0.25, 0.3) is 0 Å². The summed E-state index contributed by atoms with van der Waals surface area (Å²) in [6, 6.07) is 0.784. The van der Waals surface area contributed by atoms with Crippen molar-refractivity contribution in [3.63, 3.8) is 0 Å². The summed E-state index contributed by atoms with van der Waals surface area (Å²) >= 11 is 0. The summed E-state index contributed by atoms with van der Waals surface area (Å²) in [5.41, 5.74) is 5.80. The van der Waals surface area contributed by atoms with Crippen LogP contribution in [-0.4, -0.2) is 32.3 Å². The van der Waals surface area contributed by atoms with Gasteiger partial charge in [0.05, 0.1) is 0 Å². The van der Waals surface area contributed by atoms with E-state index in [0.29, 0.717) is 11.8 Å². The molecule has 0 aromatic carbocycles. The monoisotopic (exact) mass is 198 g/mol. The van der Waals surface area contributed by atoms with Gasteiger partial charge in [-0.25, -0.2) is 0 Å². The second-order valence-corrected chi connectivity index (χ2v) is 4.66. The van der Waals surface area contributed by atoms with Crippen LogP contribution < -0.4 is 11.1 Å². The number of nitrogens with two attached hydrogens (primary N) is 1. The number of rotatable bonds is 5. The predicted octanol–water partition coefficient (Wildman–Crippen LogP) is 0.740. The maximum Gasteiger partial charge on any atom is 0.0498 e. The summed E-state index contributed by atoms with van der Waals surface area (Å²) in [5.74, 6) is 1.32. The van der Waals surface area contributed by atoms with E-state index in [9.17, 15) is 0 Å². The normalized spacial score (nSPS) is 30.2. The Bertz CT molecular complexity index is 165. The number of nitrogens with one attached hydrogen (secondary N) is 1. The molecule has 0 amide bonds. The molecular formula is C11H22N2O. The first-order chi connectivity index (χ1) is 6.90. The highest BCUT2D eigenvalue weighted by molar-refractivity contribution is 4.81. The molecule has 14 heavy (non-hydrogen) atoms. The van der Waals surface area contributed by atoms with Crippen molar-refractivity contribution in [3.05, 3.63) is 0 Å². The fourth-order valence-electron chi connectivity index (χ4n) is 2.30. The van der Waals surface area contributed by atoms with Crippen LogP contribution in [0.3, 0.4) is 0 Å². The predicted molar refractivity (Wildman–Crippen MR) is 57.1 cm³/mol. The Morgan fingerprint density at radius 1 is 1.36 bits per heavy atom. The number of hydrogen-bond acceptors (Lipinski definition) is 3. The summed E-state index contributed by atoms with van der Waals surface area (Å²) in [5, 5.41) is 3.61. The second-order valence-electron chi connectivity index (χ2n) is 4.66. The third-order valence-electron chi connectivity index (χ3n) is 3.71. The lowest BCUT2D eigenvalue weighted by atomic mass is 9.89. The molecular weight excluding hydrogens is 176 g/mol. The van der Waals surface area contributed by atoms with Crippen molar-refractivity contribution in [2.75, 3.05) is 26.3 Å². The zero-order chi connectivity index (χ0) is 9.80. The van der Waals surface area contributed by atoms with Gasteiger partial charge in [0.2, 0.25) is 0 Å². The highest BCUT2D eigenvalue weighted by atomic mass is 16.5. The average molecular weight is 198 g/mol. The van der Waals surface area contributed by atoms with Gasteiger partial charge >= 0.3 is 0 Å². The van der Waals surface area contributed by atoms with Crippen LogP contribution in [0, 0.1) is 11.8 Å². The molecule has 3 heteroatoms. The van der Waals surface area contributed by atoms with E-state index in [4.69, 9.17) is 10.5 Å². The van der Waals surface area contributed by atoms with Crippen LogP contribution in [-0.2, 0) is 4.74 Å². The van der Waals surface area contributed by atoms with E-state index in [1.807, 2.05) is 0 Å². The zero-order valence-electron chi connectivity index (χ0n) is 8.87. The Balaban J connectivity index is 1.68. The van der Waals surface area contributed by atoms with Crippen molar-refractivity contribution in [2.24, 2.45) is 17.6 Å². The molecule has 2 rings (SSSR count).